The molecule has 1 rings (SSSR count). The molecule has 5 nitrogen and oxygen atoms in total. The Bertz CT molecular complexity index is 447. The van der Waals surface area contributed by atoms with Gasteiger partial charge < -0.3 is 15.2 Å². The molecule has 17 heavy (non-hydrogen) atoms. The molecule has 0 heterocycles. The zero-order valence-corrected chi connectivity index (χ0v) is 11.5. The van der Waals surface area contributed by atoms with Crippen LogP contribution in [0.25, 0.3) is 0 Å². The second-order valence-electron chi connectivity index (χ2n) is 3.38. The van der Waals surface area contributed by atoms with Crippen molar-refractivity contribution < 1.29 is 19.4 Å². The minimum atomic E-state index is -1.07. The number of halogens is 1. The van der Waals surface area contributed by atoms with Gasteiger partial charge in [0.2, 0.25) is 0 Å². The Labute approximate surface area is 112 Å². The van der Waals surface area contributed by atoms with Crippen molar-refractivity contribution in [3.8, 4) is 5.75 Å². The van der Waals surface area contributed by atoms with Crippen LogP contribution in [0.1, 0.15) is 17.3 Å². The third-order valence-corrected chi connectivity index (χ3v) is 3.03. The lowest BCUT2D eigenvalue weighted by molar-refractivity contribution is -0.138. The molecule has 0 radical (unpaired) electrons. The molecule has 2 N–H and O–H groups in total. The quantitative estimate of drug-likeness (QED) is 0.808. The normalized spacial score (nSPS) is 11.7. The SMILES string of the molecule is COc1ccc(C(=O)N[C@H](C)C(=O)O)c(I)c1. The number of nitrogens with one attached hydrogen (secondary N) is 1. The van der Waals surface area contributed by atoms with E-state index in [0.29, 0.717) is 14.9 Å². The van der Waals surface area contributed by atoms with Crippen LogP contribution in [0.3, 0.4) is 0 Å². The Morgan fingerprint density at radius 1 is 1.47 bits per heavy atom. The van der Waals surface area contributed by atoms with Crippen molar-refractivity contribution >= 4 is 34.5 Å². The Kier molecular flexibility index (Phi) is 4.73. The van der Waals surface area contributed by atoms with E-state index >= 15 is 0 Å². The topological polar surface area (TPSA) is 75.6 Å². The van der Waals surface area contributed by atoms with Gasteiger partial charge >= 0.3 is 5.97 Å². The van der Waals surface area contributed by atoms with Crippen molar-refractivity contribution in [2.75, 3.05) is 7.11 Å². The molecular weight excluding hydrogens is 337 g/mol. The first-order chi connectivity index (χ1) is 7.95. The van der Waals surface area contributed by atoms with E-state index in [0.717, 1.165) is 0 Å². The fourth-order valence-electron chi connectivity index (χ4n) is 1.14. The number of methoxy groups -OCH3 is 1. The van der Waals surface area contributed by atoms with E-state index in [4.69, 9.17) is 9.84 Å². The number of carbonyl (C=O) groups is 2. The summed E-state index contributed by atoms with van der Waals surface area (Å²) < 4.78 is 5.72. The highest BCUT2D eigenvalue weighted by Gasteiger charge is 2.17. The minimum absolute atomic E-state index is 0.410. The van der Waals surface area contributed by atoms with Crippen molar-refractivity contribution in [3.63, 3.8) is 0 Å². The Balaban J connectivity index is 2.86. The summed E-state index contributed by atoms with van der Waals surface area (Å²) >= 11 is 2.00. The van der Waals surface area contributed by atoms with E-state index in [9.17, 15) is 9.59 Å². The summed E-state index contributed by atoms with van der Waals surface area (Å²) in [5.41, 5.74) is 0.430. The molecule has 1 amide bonds. The molecule has 0 aliphatic rings. The highest BCUT2D eigenvalue weighted by Crippen LogP contribution is 2.19. The molecule has 0 spiro atoms. The molecule has 92 valence electrons. The minimum Gasteiger partial charge on any atom is -0.497 e. The molecule has 0 bridgehead atoms. The maximum Gasteiger partial charge on any atom is 0.325 e. The fraction of sp³-hybridized carbons (Fsp3) is 0.273. The van der Waals surface area contributed by atoms with Gasteiger partial charge in [-0.2, -0.15) is 0 Å². The Morgan fingerprint density at radius 3 is 2.59 bits per heavy atom. The van der Waals surface area contributed by atoms with Crippen LogP contribution < -0.4 is 10.1 Å². The van der Waals surface area contributed by atoms with Crippen LogP contribution in [0.2, 0.25) is 0 Å². The fourth-order valence-corrected chi connectivity index (χ4v) is 1.87. The molecule has 0 aliphatic heterocycles. The number of amides is 1. The molecule has 0 aliphatic carbocycles. The van der Waals surface area contributed by atoms with Crippen LogP contribution in [-0.4, -0.2) is 30.1 Å². The number of aliphatic carboxylic acids is 1. The van der Waals surface area contributed by atoms with Gasteiger partial charge in [0.15, 0.2) is 0 Å². The van der Waals surface area contributed by atoms with Gasteiger partial charge in [0.25, 0.3) is 5.91 Å². The summed E-state index contributed by atoms with van der Waals surface area (Å²) in [7, 11) is 1.54. The summed E-state index contributed by atoms with van der Waals surface area (Å²) in [4.78, 5) is 22.4. The summed E-state index contributed by atoms with van der Waals surface area (Å²) in [5.74, 6) is -0.828. The second kappa shape index (κ2) is 5.85. The Hall–Kier alpha value is -1.31. The first-order valence-electron chi connectivity index (χ1n) is 4.83. The van der Waals surface area contributed by atoms with Crippen LogP contribution in [0.15, 0.2) is 18.2 Å². The van der Waals surface area contributed by atoms with Crippen molar-refractivity contribution in [1.82, 2.24) is 5.32 Å². The summed E-state index contributed by atoms with van der Waals surface area (Å²) in [6.07, 6.45) is 0. The van der Waals surface area contributed by atoms with E-state index in [1.807, 2.05) is 22.6 Å². The van der Waals surface area contributed by atoms with Gasteiger partial charge in [-0.25, -0.2) is 0 Å². The van der Waals surface area contributed by atoms with E-state index in [2.05, 4.69) is 5.32 Å². The number of benzene rings is 1. The first-order valence-corrected chi connectivity index (χ1v) is 5.90. The standard InChI is InChI=1S/C11H12INO4/c1-6(11(15)16)13-10(14)8-4-3-7(17-2)5-9(8)12/h3-6H,1-2H3,(H,13,14)(H,15,16)/t6-/m1/s1. The van der Waals surface area contributed by atoms with Gasteiger partial charge in [0.05, 0.1) is 12.7 Å². The molecule has 0 saturated carbocycles. The summed E-state index contributed by atoms with van der Waals surface area (Å²) in [6, 6.07) is 4.05. The number of carboxylic acids is 1. The van der Waals surface area contributed by atoms with Crippen LogP contribution in [0, 0.1) is 3.57 Å². The van der Waals surface area contributed by atoms with Gasteiger partial charge in [-0.05, 0) is 47.7 Å². The van der Waals surface area contributed by atoms with Crippen molar-refractivity contribution in [3.05, 3.63) is 27.3 Å². The van der Waals surface area contributed by atoms with Gasteiger partial charge in [-0.15, -0.1) is 0 Å². The molecule has 0 aromatic heterocycles. The Morgan fingerprint density at radius 2 is 2.12 bits per heavy atom. The maximum atomic E-state index is 11.8. The third-order valence-electron chi connectivity index (χ3n) is 2.14. The zero-order chi connectivity index (χ0) is 13.0. The van der Waals surface area contributed by atoms with E-state index in [1.165, 1.54) is 14.0 Å². The van der Waals surface area contributed by atoms with Crippen LogP contribution in [0.4, 0.5) is 0 Å². The number of carbonyl (C=O) groups excluding carboxylic acids is 1. The molecular formula is C11H12INO4. The van der Waals surface area contributed by atoms with E-state index < -0.39 is 17.9 Å². The average molecular weight is 349 g/mol. The molecule has 1 atom stereocenters. The van der Waals surface area contributed by atoms with Gasteiger partial charge in [-0.3, -0.25) is 9.59 Å². The number of hydrogen-bond donors (Lipinski definition) is 2. The molecule has 1 aromatic rings. The average Bonchev–Trinajstić information content (AvgIpc) is 2.28. The highest BCUT2D eigenvalue weighted by molar-refractivity contribution is 14.1. The smallest absolute Gasteiger partial charge is 0.325 e. The maximum absolute atomic E-state index is 11.8. The highest BCUT2D eigenvalue weighted by atomic mass is 127. The molecule has 0 unspecified atom stereocenters. The van der Waals surface area contributed by atoms with E-state index in [-0.39, 0.29) is 0 Å². The van der Waals surface area contributed by atoms with E-state index in [1.54, 1.807) is 18.2 Å². The molecule has 0 fully saturated rings. The summed E-state index contributed by atoms with van der Waals surface area (Å²) in [6.45, 7) is 1.41. The van der Waals surface area contributed by atoms with Crippen molar-refractivity contribution in [1.29, 1.82) is 0 Å². The lowest BCUT2D eigenvalue weighted by atomic mass is 10.2. The van der Waals surface area contributed by atoms with Gasteiger partial charge in [-0.1, -0.05) is 0 Å². The van der Waals surface area contributed by atoms with Crippen LogP contribution in [-0.2, 0) is 4.79 Å². The predicted molar refractivity (Wildman–Crippen MR) is 70.3 cm³/mol. The van der Waals surface area contributed by atoms with Crippen molar-refractivity contribution in [2.45, 2.75) is 13.0 Å². The molecule has 6 heteroatoms. The molecule has 1 aromatic carbocycles. The predicted octanol–water partition coefficient (Wildman–Crippen LogP) is 1.50. The molecule has 0 saturated heterocycles. The van der Waals surface area contributed by atoms with Gasteiger partial charge in [0.1, 0.15) is 11.8 Å². The zero-order valence-electron chi connectivity index (χ0n) is 9.36. The monoisotopic (exact) mass is 349 g/mol. The second-order valence-corrected chi connectivity index (χ2v) is 4.54. The van der Waals surface area contributed by atoms with Crippen molar-refractivity contribution in [2.24, 2.45) is 0 Å². The van der Waals surface area contributed by atoms with Gasteiger partial charge in [0, 0.05) is 3.57 Å². The lowest BCUT2D eigenvalue weighted by Gasteiger charge is -2.11. The lowest BCUT2D eigenvalue weighted by Crippen LogP contribution is -2.38. The number of carboxylic acid groups (broad SMARTS) is 1. The number of ether oxygens (including phenoxy) is 1. The summed E-state index contributed by atoms with van der Waals surface area (Å²) in [5, 5.41) is 11.1. The number of hydrogen-bond acceptors (Lipinski definition) is 3. The largest absolute Gasteiger partial charge is 0.497 e. The first kappa shape index (κ1) is 13.8. The number of rotatable bonds is 4. The van der Waals surface area contributed by atoms with Crippen LogP contribution in [0.5, 0.6) is 5.75 Å². The third kappa shape index (κ3) is 3.58. The van der Waals surface area contributed by atoms with Crippen LogP contribution >= 0.6 is 22.6 Å².